The van der Waals surface area contributed by atoms with Crippen LogP contribution in [-0.4, -0.2) is 38.6 Å². The van der Waals surface area contributed by atoms with E-state index in [9.17, 15) is 4.79 Å². The monoisotopic (exact) mass is 345 g/mol. The fourth-order valence-corrected chi connectivity index (χ4v) is 4.32. The average molecular weight is 345 g/mol. The number of imidazole rings is 1. The zero-order valence-corrected chi connectivity index (χ0v) is 14.7. The molecule has 0 spiro atoms. The fourth-order valence-electron chi connectivity index (χ4n) is 3.40. The molecule has 1 saturated carbocycles. The van der Waals surface area contributed by atoms with Gasteiger partial charge in [0.15, 0.2) is 0 Å². The van der Waals surface area contributed by atoms with E-state index in [2.05, 4.69) is 26.8 Å². The van der Waals surface area contributed by atoms with Crippen LogP contribution in [0, 0.1) is 12.8 Å². The number of rotatable bonds is 4. The highest BCUT2D eigenvalue weighted by Gasteiger charge is 2.36. The van der Waals surface area contributed by atoms with Crippen LogP contribution in [0.2, 0.25) is 0 Å². The molecule has 128 valence electrons. The van der Waals surface area contributed by atoms with Gasteiger partial charge in [0.1, 0.15) is 5.01 Å². The minimum Gasteiger partial charge on any atom is -0.334 e. The summed E-state index contributed by atoms with van der Waals surface area (Å²) in [5.41, 5.74) is 0. The van der Waals surface area contributed by atoms with Crippen LogP contribution in [-0.2, 0) is 0 Å². The number of hydrogen-bond acceptors (Lipinski definition) is 4. The topological polar surface area (TPSA) is 63.1 Å². The first-order valence-electron chi connectivity index (χ1n) is 8.66. The molecule has 0 aromatic carbocycles. The Morgan fingerprint density at radius 2 is 2.12 bits per heavy atom. The largest absolute Gasteiger partial charge is 0.334 e. The Hall–Kier alpha value is -1.89. The van der Waals surface area contributed by atoms with E-state index in [1.807, 2.05) is 29.8 Å². The van der Waals surface area contributed by atoms with E-state index in [0.717, 1.165) is 30.9 Å². The summed E-state index contributed by atoms with van der Waals surface area (Å²) >= 11 is 1.70. The second-order valence-corrected chi connectivity index (χ2v) is 8.07. The van der Waals surface area contributed by atoms with Crippen LogP contribution < -0.4 is 5.32 Å². The molecule has 3 heterocycles. The predicted molar refractivity (Wildman–Crippen MR) is 92.9 cm³/mol. The van der Waals surface area contributed by atoms with Crippen LogP contribution in [0.25, 0.3) is 0 Å². The van der Waals surface area contributed by atoms with Gasteiger partial charge in [0.2, 0.25) is 0 Å². The number of piperidine rings is 1. The van der Waals surface area contributed by atoms with Gasteiger partial charge in [-0.25, -0.2) is 14.8 Å². The molecule has 1 unspecified atom stereocenters. The maximum Gasteiger partial charge on any atom is 0.317 e. The number of aromatic nitrogens is 3. The Morgan fingerprint density at radius 1 is 1.33 bits per heavy atom. The lowest BCUT2D eigenvalue weighted by Gasteiger charge is -2.33. The van der Waals surface area contributed by atoms with Gasteiger partial charge >= 0.3 is 6.03 Å². The third-order valence-electron chi connectivity index (χ3n) is 4.98. The normalized spacial score (nSPS) is 20.1. The lowest BCUT2D eigenvalue weighted by molar-refractivity contribution is 0.167. The van der Waals surface area contributed by atoms with Gasteiger partial charge < -0.3 is 14.8 Å². The number of nitrogens with one attached hydrogen (secondary N) is 1. The SMILES string of the molecule is Cc1cnc(C(NC(=O)N2CCC(n3ccnc3)CC2)C2CC2)s1. The quantitative estimate of drug-likeness (QED) is 0.926. The van der Waals surface area contributed by atoms with Crippen molar-refractivity contribution in [1.29, 1.82) is 0 Å². The number of urea groups is 1. The molecule has 1 saturated heterocycles. The number of carbonyl (C=O) groups excluding carboxylic acids is 1. The first-order chi connectivity index (χ1) is 11.7. The Morgan fingerprint density at radius 3 is 2.71 bits per heavy atom. The minimum absolute atomic E-state index is 0.0591. The number of nitrogens with zero attached hydrogens (tertiary/aromatic N) is 4. The van der Waals surface area contributed by atoms with E-state index >= 15 is 0 Å². The summed E-state index contributed by atoms with van der Waals surface area (Å²) in [6.07, 6.45) is 11.9. The molecule has 2 aromatic heterocycles. The van der Waals surface area contributed by atoms with Gasteiger partial charge in [-0.05, 0) is 38.5 Å². The smallest absolute Gasteiger partial charge is 0.317 e. The van der Waals surface area contributed by atoms with Crippen LogP contribution in [0.3, 0.4) is 0 Å². The Bertz CT molecular complexity index is 686. The first kappa shape index (κ1) is 15.6. The molecule has 1 atom stereocenters. The van der Waals surface area contributed by atoms with E-state index in [-0.39, 0.29) is 12.1 Å². The van der Waals surface area contributed by atoms with Gasteiger partial charge in [0.25, 0.3) is 0 Å². The van der Waals surface area contributed by atoms with E-state index in [1.165, 1.54) is 17.7 Å². The van der Waals surface area contributed by atoms with Crippen molar-refractivity contribution in [2.45, 2.75) is 44.7 Å². The van der Waals surface area contributed by atoms with E-state index in [1.54, 1.807) is 11.3 Å². The van der Waals surface area contributed by atoms with Crippen LogP contribution in [0.1, 0.15) is 47.7 Å². The molecule has 7 heteroatoms. The molecule has 2 fully saturated rings. The van der Waals surface area contributed by atoms with Gasteiger partial charge in [-0.2, -0.15) is 0 Å². The van der Waals surface area contributed by atoms with E-state index < -0.39 is 0 Å². The molecule has 4 rings (SSSR count). The number of amides is 2. The van der Waals surface area contributed by atoms with Crippen molar-refractivity contribution in [2.24, 2.45) is 5.92 Å². The van der Waals surface area contributed by atoms with Gasteiger partial charge in [-0.1, -0.05) is 0 Å². The van der Waals surface area contributed by atoms with Crippen molar-refractivity contribution < 1.29 is 4.79 Å². The molecule has 6 nitrogen and oxygen atoms in total. The molecule has 2 amide bonds. The van der Waals surface area contributed by atoms with Crippen molar-refractivity contribution in [1.82, 2.24) is 24.8 Å². The number of carbonyl (C=O) groups is 1. The average Bonchev–Trinajstić information content (AvgIpc) is 3.10. The Balaban J connectivity index is 1.36. The van der Waals surface area contributed by atoms with Gasteiger partial charge in [0, 0.05) is 42.6 Å². The third kappa shape index (κ3) is 3.31. The molecule has 24 heavy (non-hydrogen) atoms. The highest BCUT2D eigenvalue weighted by atomic mass is 32.1. The van der Waals surface area contributed by atoms with Crippen LogP contribution >= 0.6 is 11.3 Å². The Labute approximate surface area is 145 Å². The lowest BCUT2D eigenvalue weighted by Crippen LogP contribution is -2.46. The molecular formula is C17H23N5OS. The summed E-state index contributed by atoms with van der Waals surface area (Å²) in [6.45, 7) is 3.65. The van der Waals surface area contributed by atoms with Crippen molar-refractivity contribution in [3.05, 3.63) is 34.8 Å². The van der Waals surface area contributed by atoms with Crippen molar-refractivity contribution in [3.63, 3.8) is 0 Å². The van der Waals surface area contributed by atoms with Gasteiger partial charge in [0.05, 0.1) is 12.4 Å². The van der Waals surface area contributed by atoms with Crippen molar-refractivity contribution in [3.8, 4) is 0 Å². The van der Waals surface area contributed by atoms with Crippen molar-refractivity contribution >= 4 is 17.4 Å². The zero-order chi connectivity index (χ0) is 16.5. The van der Waals surface area contributed by atoms with E-state index in [0.29, 0.717) is 12.0 Å². The molecule has 1 N–H and O–H groups in total. The van der Waals surface area contributed by atoms with Crippen LogP contribution in [0.4, 0.5) is 4.79 Å². The number of thiazole rings is 1. The molecule has 1 aliphatic heterocycles. The zero-order valence-electron chi connectivity index (χ0n) is 13.9. The Kier molecular flexibility index (Phi) is 4.26. The summed E-state index contributed by atoms with van der Waals surface area (Å²) < 4.78 is 2.15. The standard InChI is InChI=1S/C17H23N5OS/c1-12-10-19-16(24-12)15(13-2-3-13)20-17(23)21-7-4-14(5-8-21)22-9-6-18-11-22/h6,9-11,13-15H,2-5,7-8H2,1H3,(H,20,23). The fraction of sp³-hybridized carbons (Fsp3) is 0.588. The number of likely N-dealkylation sites (tertiary alicyclic amines) is 1. The lowest BCUT2D eigenvalue weighted by atomic mass is 10.1. The van der Waals surface area contributed by atoms with Gasteiger partial charge in [-0.15, -0.1) is 11.3 Å². The molecule has 0 radical (unpaired) electrons. The first-order valence-corrected chi connectivity index (χ1v) is 9.47. The maximum absolute atomic E-state index is 12.7. The highest BCUT2D eigenvalue weighted by Crippen LogP contribution is 2.42. The van der Waals surface area contributed by atoms with E-state index in [4.69, 9.17) is 0 Å². The summed E-state index contributed by atoms with van der Waals surface area (Å²) in [4.78, 5) is 24.4. The molecule has 1 aliphatic carbocycles. The summed E-state index contributed by atoms with van der Waals surface area (Å²) in [5, 5.41) is 4.30. The summed E-state index contributed by atoms with van der Waals surface area (Å²) in [5.74, 6) is 0.558. The minimum atomic E-state index is 0.0591. The molecule has 2 aromatic rings. The molecular weight excluding hydrogens is 322 g/mol. The molecule has 0 bridgehead atoms. The van der Waals surface area contributed by atoms with Crippen molar-refractivity contribution in [2.75, 3.05) is 13.1 Å². The van der Waals surface area contributed by atoms with Crippen LogP contribution in [0.15, 0.2) is 24.9 Å². The summed E-state index contributed by atoms with van der Waals surface area (Å²) in [7, 11) is 0. The molecule has 2 aliphatic rings. The van der Waals surface area contributed by atoms with Gasteiger partial charge in [-0.3, -0.25) is 0 Å². The van der Waals surface area contributed by atoms with Crippen LogP contribution in [0.5, 0.6) is 0 Å². The second-order valence-electron chi connectivity index (χ2n) is 6.80. The predicted octanol–water partition coefficient (Wildman–Crippen LogP) is 3.15. The number of aryl methyl sites for hydroxylation is 1. The summed E-state index contributed by atoms with van der Waals surface area (Å²) in [6, 6.07) is 0.601. The second kappa shape index (κ2) is 6.55. The highest BCUT2D eigenvalue weighted by molar-refractivity contribution is 7.11. The maximum atomic E-state index is 12.7. The number of hydrogen-bond donors (Lipinski definition) is 1. The third-order valence-corrected chi connectivity index (χ3v) is 5.97.